The average molecular weight is 1180 g/mol. The summed E-state index contributed by atoms with van der Waals surface area (Å²) >= 11 is 0. The molecule has 0 saturated heterocycles. The van der Waals surface area contributed by atoms with Crippen molar-refractivity contribution in [1.82, 2.24) is 0 Å². The van der Waals surface area contributed by atoms with E-state index < -0.39 is 0 Å². The summed E-state index contributed by atoms with van der Waals surface area (Å²) in [5.41, 5.74) is 0. The number of rotatable bonds is 48. The van der Waals surface area contributed by atoms with E-state index in [2.05, 4.69) is 111 Å². The first-order valence-electron chi connectivity index (χ1n) is 33.7. The minimum absolute atomic E-state index is 0. The second-order valence-electron chi connectivity index (χ2n) is 22.6. The summed E-state index contributed by atoms with van der Waals surface area (Å²) in [4.78, 5) is 0. The van der Waals surface area contributed by atoms with E-state index in [0.29, 0.717) is 0 Å². The van der Waals surface area contributed by atoms with E-state index in [9.17, 15) is 0 Å². The molecule has 0 rings (SSSR count). The molecular formula is C70H144FeN10. The van der Waals surface area contributed by atoms with Gasteiger partial charge in [-0.05, 0) is 103 Å². The van der Waals surface area contributed by atoms with Crippen LogP contribution in [0.2, 0.25) is 0 Å². The SMILES string of the molecule is CCCC[N+](CCCC)(CCCC)CCCC.CCCC[N+](CCCC)(CCCC)CCCC.CCCC[N+](CCCC)(CCCC)CCCC.CCCC[N+](CCCC)(CCCC)CCCC.[C-]#N.[C-]#N.[C-]#N.[C-]#N.[C-]#N.[C-]#N.[Fe+2]. The summed E-state index contributed by atoms with van der Waals surface area (Å²) in [6.45, 7) is 88.6. The zero-order valence-corrected chi connectivity index (χ0v) is 58.9. The van der Waals surface area contributed by atoms with E-state index in [4.69, 9.17) is 71.0 Å². The van der Waals surface area contributed by atoms with Crippen LogP contribution in [0.3, 0.4) is 0 Å². The summed E-state index contributed by atoms with van der Waals surface area (Å²) in [6.07, 6.45) is 44.2. The predicted octanol–water partition coefficient (Wildman–Crippen LogP) is 20.6. The Morgan fingerprint density at radius 1 is 0.148 bits per heavy atom. The molecule has 11 heteroatoms. The third-order valence-corrected chi connectivity index (χ3v) is 15.8. The van der Waals surface area contributed by atoms with Crippen LogP contribution in [0.5, 0.6) is 0 Å². The van der Waals surface area contributed by atoms with Crippen LogP contribution in [0, 0.1) is 71.0 Å². The maximum Gasteiger partial charge on any atom is 2.00 e. The molecule has 0 aliphatic rings. The standard InChI is InChI=1S/4C16H36N.6CN.Fe/c4*1-5-9-13-17(14-10-6-2,15-11-7-3)16-12-8-4;6*1-2;/h4*5-16H2,1-4H3;;;;;;;/q4*+1;6*-1;+2. The first kappa shape index (κ1) is 103. The molecule has 10 nitrogen and oxygen atoms in total. The van der Waals surface area contributed by atoms with Crippen LogP contribution in [0.4, 0.5) is 0 Å². The van der Waals surface area contributed by atoms with Crippen molar-refractivity contribution in [3.05, 3.63) is 39.4 Å². The largest absolute Gasteiger partial charge is 2.00 e. The average Bonchev–Trinajstić information content (AvgIpc) is 3.53. The van der Waals surface area contributed by atoms with Gasteiger partial charge < -0.3 is 88.9 Å². The van der Waals surface area contributed by atoms with Crippen LogP contribution in [0.1, 0.15) is 316 Å². The van der Waals surface area contributed by atoms with E-state index in [0.717, 1.165) is 0 Å². The molecule has 0 fully saturated rings. The van der Waals surface area contributed by atoms with Gasteiger partial charge in [-0.15, -0.1) is 0 Å². The van der Waals surface area contributed by atoms with Gasteiger partial charge in [0.05, 0.1) is 105 Å². The zero-order chi connectivity index (χ0) is 63.9. The van der Waals surface area contributed by atoms with Crippen LogP contribution >= 0.6 is 0 Å². The molecular weight excluding hydrogens is 1040 g/mol. The Balaban J connectivity index is -0.0000000837. The minimum atomic E-state index is 0. The summed E-state index contributed by atoms with van der Waals surface area (Å²) < 4.78 is 5.68. The third-order valence-electron chi connectivity index (χ3n) is 15.8. The normalized spacial score (nSPS) is 10.2. The van der Waals surface area contributed by atoms with Crippen molar-refractivity contribution in [2.24, 2.45) is 0 Å². The van der Waals surface area contributed by atoms with Crippen molar-refractivity contribution in [3.8, 4) is 0 Å². The predicted molar refractivity (Wildman–Crippen MR) is 347 cm³/mol. The fourth-order valence-corrected chi connectivity index (χ4v) is 10.6. The Morgan fingerprint density at radius 3 is 0.235 bits per heavy atom. The van der Waals surface area contributed by atoms with Crippen LogP contribution in [-0.2, 0) is 17.1 Å². The number of nitrogens with zero attached hydrogens (tertiary/aromatic N) is 10. The van der Waals surface area contributed by atoms with Crippen molar-refractivity contribution < 1.29 is 35.0 Å². The number of quaternary nitrogens is 4. The summed E-state index contributed by atoms with van der Waals surface area (Å²) in [5, 5.41) is 37.5. The molecule has 0 atom stereocenters. The fraction of sp³-hybridized carbons (Fsp3) is 0.914. The Kier molecular flexibility index (Phi) is 119. The molecule has 0 aromatic carbocycles. The molecule has 0 aliphatic carbocycles. The topological polar surface area (TPSA) is 143 Å². The van der Waals surface area contributed by atoms with Gasteiger partial charge in [-0.3, -0.25) is 0 Å². The van der Waals surface area contributed by atoms with Crippen molar-refractivity contribution in [3.63, 3.8) is 0 Å². The molecule has 0 spiro atoms. The molecule has 0 bridgehead atoms. The van der Waals surface area contributed by atoms with Gasteiger partial charge in [0, 0.05) is 0 Å². The Hall–Kier alpha value is -2.70. The van der Waals surface area contributed by atoms with Gasteiger partial charge in [0.2, 0.25) is 0 Å². The van der Waals surface area contributed by atoms with Gasteiger partial charge in [0.1, 0.15) is 0 Å². The smallest absolute Gasteiger partial charge is 0.512 e. The maximum atomic E-state index is 6.25. The van der Waals surface area contributed by atoms with Crippen molar-refractivity contribution in [2.75, 3.05) is 105 Å². The fourth-order valence-electron chi connectivity index (χ4n) is 10.6. The van der Waals surface area contributed by atoms with E-state index >= 15 is 0 Å². The molecule has 0 radical (unpaired) electrons. The van der Waals surface area contributed by atoms with Crippen molar-refractivity contribution in [2.45, 2.75) is 316 Å². The molecule has 0 amide bonds. The van der Waals surface area contributed by atoms with E-state index in [1.165, 1.54) is 328 Å². The van der Waals surface area contributed by atoms with Gasteiger partial charge >= 0.3 is 17.1 Å². The first-order chi connectivity index (χ1) is 39.0. The molecule has 0 heterocycles. The van der Waals surface area contributed by atoms with E-state index in [1.54, 1.807) is 0 Å². The molecule has 0 aromatic rings. The maximum absolute atomic E-state index is 6.25. The molecule has 482 valence electrons. The summed E-state index contributed by atoms with van der Waals surface area (Å²) in [7, 11) is 0. The monoisotopic (exact) mass is 1180 g/mol. The van der Waals surface area contributed by atoms with Gasteiger partial charge in [-0.25, -0.2) is 0 Å². The van der Waals surface area contributed by atoms with Crippen LogP contribution in [-0.4, -0.2) is 123 Å². The number of hydrogen-bond donors (Lipinski definition) is 0. The van der Waals surface area contributed by atoms with Gasteiger partial charge in [-0.2, -0.15) is 0 Å². The van der Waals surface area contributed by atoms with E-state index in [1.807, 2.05) is 0 Å². The second-order valence-corrected chi connectivity index (χ2v) is 22.6. The minimum Gasteiger partial charge on any atom is -0.512 e. The molecule has 0 N–H and O–H groups in total. The quantitative estimate of drug-likeness (QED) is 0.0337. The first-order valence-corrected chi connectivity index (χ1v) is 33.7. The van der Waals surface area contributed by atoms with Crippen molar-refractivity contribution >= 4 is 0 Å². The van der Waals surface area contributed by atoms with Crippen LogP contribution in [0.15, 0.2) is 0 Å². The Labute approximate surface area is 524 Å². The van der Waals surface area contributed by atoms with Gasteiger partial charge in [-0.1, -0.05) is 214 Å². The van der Waals surface area contributed by atoms with E-state index in [-0.39, 0.29) is 17.1 Å². The zero-order valence-electron chi connectivity index (χ0n) is 57.8. The molecule has 0 saturated carbocycles. The summed E-state index contributed by atoms with van der Waals surface area (Å²) in [6, 6.07) is 0. The van der Waals surface area contributed by atoms with Gasteiger partial charge in [0.25, 0.3) is 0 Å². The molecule has 0 aliphatic heterocycles. The molecule has 0 unspecified atom stereocenters. The van der Waals surface area contributed by atoms with Crippen LogP contribution < -0.4 is 0 Å². The number of hydrogen-bond acceptors (Lipinski definition) is 6. The Bertz CT molecular complexity index is 843. The summed E-state index contributed by atoms with van der Waals surface area (Å²) in [5.74, 6) is 0. The molecule has 0 aromatic heterocycles. The van der Waals surface area contributed by atoms with Crippen molar-refractivity contribution in [1.29, 1.82) is 31.6 Å². The van der Waals surface area contributed by atoms with Crippen LogP contribution in [0.25, 0.3) is 0 Å². The second kappa shape index (κ2) is 93.7. The van der Waals surface area contributed by atoms with Gasteiger partial charge in [0.15, 0.2) is 0 Å². The number of unbranched alkanes of at least 4 members (excludes halogenated alkanes) is 16. The molecule has 81 heavy (non-hydrogen) atoms. The Morgan fingerprint density at radius 2 is 0.198 bits per heavy atom. The third kappa shape index (κ3) is 73.4.